The quantitative estimate of drug-likeness (QED) is 0.903. The Bertz CT molecular complexity index is 523. The molecule has 3 nitrogen and oxygen atoms in total. The molecule has 94 valence electrons. The smallest absolute Gasteiger partial charge is 0.125 e. The van der Waals surface area contributed by atoms with Gasteiger partial charge in [0.2, 0.25) is 0 Å². The molecule has 0 fully saturated rings. The number of hydrogen-bond acceptors (Lipinski definition) is 3. The van der Waals surface area contributed by atoms with Crippen molar-refractivity contribution in [2.75, 3.05) is 11.9 Å². The van der Waals surface area contributed by atoms with Crippen molar-refractivity contribution in [3.63, 3.8) is 0 Å². The number of nitrogens with two attached hydrogens (primary N) is 1. The van der Waals surface area contributed by atoms with Gasteiger partial charge >= 0.3 is 0 Å². The predicted molar refractivity (Wildman–Crippen MR) is 71.3 cm³/mol. The number of anilines is 2. The van der Waals surface area contributed by atoms with E-state index in [0.29, 0.717) is 0 Å². The Morgan fingerprint density at radius 1 is 1.22 bits per heavy atom. The third-order valence-corrected chi connectivity index (χ3v) is 2.82. The molecule has 1 atom stereocenters. The van der Waals surface area contributed by atoms with E-state index in [1.54, 1.807) is 12.3 Å². The molecule has 0 spiro atoms. The number of rotatable bonds is 3. The maximum atomic E-state index is 13.2. The van der Waals surface area contributed by atoms with Gasteiger partial charge in [-0.1, -0.05) is 6.07 Å². The van der Waals surface area contributed by atoms with Crippen LogP contribution in [0.15, 0.2) is 42.6 Å². The van der Waals surface area contributed by atoms with Gasteiger partial charge in [0.25, 0.3) is 0 Å². The topological polar surface area (TPSA) is 42.1 Å². The molecule has 0 aliphatic heterocycles. The molecule has 2 aromatic rings. The monoisotopic (exact) mass is 245 g/mol. The standard InChI is InChI=1S/C14H16FN3/c1-10(16)14-7-6-13(9-17-14)18(2)12-5-3-4-11(15)8-12/h3-10H,16H2,1-2H3/t10-/m1/s1. The van der Waals surface area contributed by atoms with Crippen molar-refractivity contribution >= 4 is 11.4 Å². The van der Waals surface area contributed by atoms with Crippen LogP contribution in [0, 0.1) is 5.82 Å². The fourth-order valence-corrected chi connectivity index (χ4v) is 1.70. The van der Waals surface area contributed by atoms with E-state index in [2.05, 4.69) is 4.98 Å². The minimum absolute atomic E-state index is 0.0847. The highest BCUT2D eigenvalue weighted by atomic mass is 19.1. The molecule has 0 unspecified atom stereocenters. The first kappa shape index (κ1) is 12.5. The van der Waals surface area contributed by atoms with Gasteiger partial charge in [-0.05, 0) is 37.3 Å². The number of pyridine rings is 1. The zero-order valence-electron chi connectivity index (χ0n) is 10.5. The van der Waals surface area contributed by atoms with Crippen LogP contribution in [0.25, 0.3) is 0 Å². The summed E-state index contributed by atoms with van der Waals surface area (Å²) in [6, 6.07) is 10.2. The second-order valence-corrected chi connectivity index (χ2v) is 4.27. The highest BCUT2D eigenvalue weighted by Crippen LogP contribution is 2.23. The highest BCUT2D eigenvalue weighted by molar-refractivity contribution is 5.61. The van der Waals surface area contributed by atoms with Crippen LogP contribution in [0.3, 0.4) is 0 Å². The second-order valence-electron chi connectivity index (χ2n) is 4.27. The lowest BCUT2D eigenvalue weighted by molar-refractivity contribution is 0.628. The largest absolute Gasteiger partial charge is 0.343 e. The molecule has 0 amide bonds. The first-order valence-corrected chi connectivity index (χ1v) is 5.79. The summed E-state index contributed by atoms with van der Waals surface area (Å²) in [6.45, 7) is 1.89. The predicted octanol–water partition coefficient (Wildman–Crippen LogP) is 3.01. The SMILES string of the molecule is C[C@@H](N)c1ccc(N(C)c2cccc(F)c2)cn1. The first-order chi connectivity index (χ1) is 8.58. The minimum Gasteiger partial charge on any atom is -0.343 e. The molecule has 0 saturated carbocycles. The molecule has 0 bridgehead atoms. The molecule has 2 rings (SSSR count). The maximum Gasteiger partial charge on any atom is 0.125 e. The lowest BCUT2D eigenvalue weighted by atomic mass is 10.2. The van der Waals surface area contributed by atoms with Crippen LogP contribution in [0.4, 0.5) is 15.8 Å². The van der Waals surface area contributed by atoms with E-state index < -0.39 is 0 Å². The summed E-state index contributed by atoms with van der Waals surface area (Å²) in [4.78, 5) is 6.16. The van der Waals surface area contributed by atoms with E-state index in [9.17, 15) is 4.39 Å². The summed E-state index contributed by atoms with van der Waals surface area (Å²) in [5.74, 6) is -0.250. The van der Waals surface area contributed by atoms with Gasteiger partial charge < -0.3 is 10.6 Å². The zero-order chi connectivity index (χ0) is 13.1. The Morgan fingerprint density at radius 3 is 2.56 bits per heavy atom. The molecular formula is C14H16FN3. The summed E-state index contributed by atoms with van der Waals surface area (Å²) in [6.07, 6.45) is 1.74. The Balaban J connectivity index is 2.26. The molecular weight excluding hydrogens is 229 g/mol. The van der Waals surface area contributed by atoms with Gasteiger partial charge in [0.05, 0.1) is 17.6 Å². The van der Waals surface area contributed by atoms with Crippen molar-refractivity contribution in [3.05, 3.63) is 54.1 Å². The second kappa shape index (κ2) is 5.14. The van der Waals surface area contributed by atoms with Crippen molar-refractivity contribution < 1.29 is 4.39 Å². The first-order valence-electron chi connectivity index (χ1n) is 5.79. The summed E-state index contributed by atoms with van der Waals surface area (Å²) in [5, 5.41) is 0. The van der Waals surface area contributed by atoms with E-state index in [1.807, 2.05) is 37.1 Å². The van der Waals surface area contributed by atoms with Crippen LogP contribution in [0.2, 0.25) is 0 Å². The van der Waals surface area contributed by atoms with E-state index >= 15 is 0 Å². The molecule has 4 heteroatoms. The highest BCUT2D eigenvalue weighted by Gasteiger charge is 2.06. The van der Waals surface area contributed by atoms with Gasteiger partial charge in [-0.25, -0.2) is 4.39 Å². The average Bonchev–Trinajstić information content (AvgIpc) is 2.38. The summed E-state index contributed by atoms with van der Waals surface area (Å²) in [5.41, 5.74) is 8.26. The van der Waals surface area contributed by atoms with Crippen LogP contribution < -0.4 is 10.6 Å². The molecule has 2 N–H and O–H groups in total. The fraction of sp³-hybridized carbons (Fsp3) is 0.214. The minimum atomic E-state index is -0.250. The van der Waals surface area contributed by atoms with E-state index in [0.717, 1.165) is 17.1 Å². The number of aromatic nitrogens is 1. The van der Waals surface area contributed by atoms with Gasteiger partial charge in [0.1, 0.15) is 5.82 Å². The molecule has 0 radical (unpaired) electrons. The summed E-state index contributed by atoms with van der Waals surface area (Å²) >= 11 is 0. The van der Waals surface area contributed by atoms with E-state index in [1.165, 1.54) is 12.1 Å². The van der Waals surface area contributed by atoms with Gasteiger partial charge in [-0.15, -0.1) is 0 Å². The Morgan fingerprint density at radius 2 is 2.00 bits per heavy atom. The number of halogens is 1. The third-order valence-electron chi connectivity index (χ3n) is 2.82. The fourth-order valence-electron chi connectivity index (χ4n) is 1.70. The third kappa shape index (κ3) is 2.65. The molecule has 18 heavy (non-hydrogen) atoms. The van der Waals surface area contributed by atoms with Gasteiger partial charge in [-0.2, -0.15) is 0 Å². The molecule has 1 heterocycles. The van der Waals surface area contributed by atoms with Crippen LogP contribution in [-0.4, -0.2) is 12.0 Å². The number of hydrogen-bond donors (Lipinski definition) is 1. The van der Waals surface area contributed by atoms with Crippen LogP contribution in [-0.2, 0) is 0 Å². The van der Waals surface area contributed by atoms with Gasteiger partial charge in [-0.3, -0.25) is 4.98 Å². The Labute approximate surface area is 106 Å². The van der Waals surface area contributed by atoms with Crippen LogP contribution in [0.5, 0.6) is 0 Å². The zero-order valence-corrected chi connectivity index (χ0v) is 10.5. The van der Waals surface area contributed by atoms with Crippen LogP contribution >= 0.6 is 0 Å². The van der Waals surface area contributed by atoms with Crippen molar-refractivity contribution in [2.45, 2.75) is 13.0 Å². The van der Waals surface area contributed by atoms with E-state index in [-0.39, 0.29) is 11.9 Å². The molecule has 0 aliphatic rings. The van der Waals surface area contributed by atoms with Crippen LogP contribution in [0.1, 0.15) is 18.7 Å². The molecule has 0 saturated heterocycles. The number of benzene rings is 1. The molecule has 1 aromatic heterocycles. The van der Waals surface area contributed by atoms with Gasteiger partial charge in [0.15, 0.2) is 0 Å². The summed E-state index contributed by atoms with van der Waals surface area (Å²) in [7, 11) is 1.87. The van der Waals surface area contributed by atoms with Crippen molar-refractivity contribution in [3.8, 4) is 0 Å². The van der Waals surface area contributed by atoms with E-state index in [4.69, 9.17) is 5.73 Å². The molecule has 0 aliphatic carbocycles. The van der Waals surface area contributed by atoms with Gasteiger partial charge in [0, 0.05) is 18.8 Å². The van der Waals surface area contributed by atoms with Crippen molar-refractivity contribution in [1.82, 2.24) is 4.98 Å². The average molecular weight is 245 g/mol. The Kier molecular flexibility index (Phi) is 3.58. The normalized spacial score (nSPS) is 12.2. The lowest BCUT2D eigenvalue weighted by Gasteiger charge is -2.19. The Hall–Kier alpha value is -1.94. The lowest BCUT2D eigenvalue weighted by Crippen LogP contribution is -2.12. The van der Waals surface area contributed by atoms with Crippen molar-refractivity contribution in [1.29, 1.82) is 0 Å². The van der Waals surface area contributed by atoms with Crippen molar-refractivity contribution in [2.24, 2.45) is 5.73 Å². The molecule has 1 aromatic carbocycles. The maximum absolute atomic E-state index is 13.2. The number of nitrogens with zero attached hydrogens (tertiary/aromatic N) is 2. The summed E-state index contributed by atoms with van der Waals surface area (Å²) < 4.78 is 13.2.